The fourth-order valence-corrected chi connectivity index (χ4v) is 2.70. The topological polar surface area (TPSA) is 49.3 Å². The maximum atomic E-state index is 4.46. The van der Waals surface area contributed by atoms with Gasteiger partial charge in [-0.3, -0.25) is 4.99 Å². The highest BCUT2D eigenvalue weighted by atomic mass is 32.1. The van der Waals surface area contributed by atoms with Gasteiger partial charge in [0.2, 0.25) is 0 Å². The molecular formula is C16H22N4S. The van der Waals surface area contributed by atoms with Gasteiger partial charge >= 0.3 is 0 Å². The van der Waals surface area contributed by atoms with E-state index in [9.17, 15) is 0 Å². The zero-order valence-electron chi connectivity index (χ0n) is 12.8. The highest BCUT2D eigenvalue weighted by Gasteiger charge is 2.07. The van der Waals surface area contributed by atoms with Crippen LogP contribution in [-0.2, 0) is 6.42 Å². The first-order valence-electron chi connectivity index (χ1n) is 7.12. The van der Waals surface area contributed by atoms with Crippen LogP contribution in [0.1, 0.15) is 29.2 Å². The molecule has 1 unspecified atom stereocenters. The number of benzene rings is 1. The van der Waals surface area contributed by atoms with Gasteiger partial charge < -0.3 is 10.6 Å². The molecule has 1 atom stereocenters. The highest BCUT2D eigenvalue weighted by Crippen LogP contribution is 2.11. The Morgan fingerprint density at radius 2 is 2.10 bits per heavy atom. The summed E-state index contributed by atoms with van der Waals surface area (Å²) >= 11 is 1.69. The van der Waals surface area contributed by atoms with Crippen molar-refractivity contribution in [3.8, 4) is 0 Å². The van der Waals surface area contributed by atoms with E-state index in [4.69, 9.17) is 0 Å². The number of nitrogens with zero attached hydrogens (tertiary/aromatic N) is 2. The minimum Gasteiger partial charge on any atom is -0.356 e. The molecule has 0 aliphatic carbocycles. The Bertz CT molecular complexity index is 577. The fraction of sp³-hybridized carbons (Fsp3) is 0.375. The molecule has 0 bridgehead atoms. The Hall–Kier alpha value is -1.88. The summed E-state index contributed by atoms with van der Waals surface area (Å²) in [5.41, 5.74) is 2.38. The molecule has 0 fully saturated rings. The maximum absolute atomic E-state index is 4.46. The van der Waals surface area contributed by atoms with Crippen molar-refractivity contribution in [2.24, 2.45) is 4.99 Å². The Morgan fingerprint density at radius 3 is 2.71 bits per heavy atom. The van der Waals surface area contributed by atoms with Crippen LogP contribution in [0, 0.1) is 6.92 Å². The third-order valence-electron chi connectivity index (χ3n) is 3.22. The van der Waals surface area contributed by atoms with E-state index >= 15 is 0 Å². The molecule has 0 radical (unpaired) electrons. The number of nitrogens with one attached hydrogen (secondary N) is 2. The number of thiazole rings is 1. The molecule has 0 aliphatic heterocycles. The second-order valence-corrected chi connectivity index (χ2v) is 5.95. The number of aromatic nitrogens is 1. The summed E-state index contributed by atoms with van der Waals surface area (Å²) in [5, 5.41) is 9.95. The molecule has 2 rings (SSSR count). The van der Waals surface area contributed by atoms with Gasteiger partial charge in [-0.1, -0.05) is 30.3 Å². The zero-order valence-corrected chi connectivity index (χ0v) is 13.6. The lowest BCUT2D eigenvalue weighted by atomic mass is 10.1. The quantitative estimate of drug-likeness (QED) is 0.659. The lowest BCUT2D eigenvalue weighted by molar-refractivity contribution is 0.683. The molecule has 2 N–H and O–H groups in total. The Morgan fingerprint density at radius 1 is 1.33 bits per heavy atom. The van der Waals surface area contributed by atoms with Crippen LogP contribution in [0.25, 0.3) is 0 Å². The van der Waals surface area contributed by atoms with E-state index in [1.807, 2.05) is 25.1 Å². The molecule has 5 heteroatoms. The molecule has 0 saturated heterocycles. The Balaban J connectivity index is 1.81. The molecule has 0 amide bonds. The predicted octanol–water partition coefficient (Wildman–Crippen LogP) is 2.92. The fourth-order valence-electron chi connectivity index (χ4n) is 2.06. The van der Waals surface area contributed by atoms with Crippen molar-refractivity contribution in [1.29, 1.82) is 0 Å². The molecule has 1 heterocycles. The van der Waals surface area contributed by atoms with Crippen LogP contribution in [0.3, 0.4) is 0 Å². The van der Waals surface area contributed by atoms with E-state index in [1.165, 1.54) is 5.56 Å². The summed E-state index contributed by atoms with van der Waals surface area (Å²) in [6.07, 6.45) is 0.907. The molecule has 2 aromatic rings. The number of aliphatic imine (C=N–C) groups is 1. The Labute approximate surface area is 130 Å². The highest BCUT2D eigenvalue weighted by molar-refractivity contribution is 7.09. The van der Waals surface area contributed by atoms with E-state index in [2.05, 4.69) is 45.0 Å². The predicted molar refractivity (Wildman–Crippen MR) is 89.9 cm³/mol. The number of rotatable bonds is 5. The number of guanidine groups is 1. The molecule has 1 aromatic carbocycles. The van der Waals surface area contributed by atoms with Gasteiger partial charge in [0.15, 0.2) is 5.96 Å². The second kappa shape index (κ2) is 7.78. The number of hydrogen-bond donors (Lipinski definition) is 2. The van der Waals surface area contributed by atoms with Crippen molar-refractivity contribution in [3.63, 3.8) is 0 Å². The minimum atomic E-state index is 0.221. The third-order valence-corrected chi connectivity index (χ3v) is 4.04. The number of aryl methyl sites for hydroxylation is 1. The van der Waals surface area contributed by atoms with Crippen molar-refractivity contribution in [2.45, 2.75) is 26.3 Å². The van der Waals surface area contributed by atoms with Gasteiger partial charge in [-0.05, 0) is 19.4 Å². The molecule has 0 aliphatic rings. The van der Waals surface area contributed by atoms with Crippen molar-refractivity contribution in [1.82, 2.24) is 15.6 Å². The van der Waals surface area contributed by atoms with E-state index in [1.54, 1.807) is 18.4 Å². The van der Waals surface area contributed by atoms with E-state index < -0.39 is 0 Å². The van der Waals surface area contributed by atoms with E-state index in [-0.39, 0.29) is 6.04 Å². The minimum absolute atomic E-state index is 0.221. The summed E-state index contributed by atoms with van der Waals surface area (Å²) in [6, 6.07) is 10.6. The average molecular weight is 302 g/mol. The van der Waals surface area contributed by atoms with Crippen molar-refractivity contribution in [2.75, 3.05) is 13.6 Å². The number of hydrogen-bond acceptors (Lipinski definition) is 3. The third kappa shape index (κ3) is 4.86. The standard InChI is InChI=1S/C16H22N4S/c1-12(14-7-5-4-6-8-14)19-16(17-3)18-10-9-15-11-21-13(2)20-15/h4-8,11-12H,9-10H2,1-3H3,(H2,17,18,19). The zero-order chi connectivity index (χ0) is 15.1. The molecule has 112 valence electrons. The van der Waals surface area contributed by atoms with Gasteiger partial charge in [0.1, 0.15) is 0 Å². The molecule has 4 nitrogen and oxygen atoms in total. The first kappa shape index (κ1) is 15.5. The van der Waals surface area contributed by atoms with Crippen LogP contribution < -0.4 is 10.6 Å². The molecule has 0 spiro atoms. The van der Waals surface area contributed by atoms with Crippen molar-refractivity contribution >= 4 is 17.3 Å². The molecule has 1 aromatic heterocycles. The molecule has 21 heavy (non-hydrogen) atoms. The smallest absolute Gasteiger partial charge is 0.191 e. The SMILES string of the molecule is CN=C(NCCc1csc(C)n1)NC(C)c1ccccc1. The van der Waals surface area contributed by atoms with Crippen LogP contribution >= 0.6 is 11.3 Å². The van der Waals surface area contributed by atoms with Gasteiger partial charge in [0.25, 0.3) is 0 Å². The average Bonchev–Trinajstić information content (AvgIpc) is 2.92. The van der Waals surface area contributed by atoms with Gasteiger partial charge in [0, 0.05) is 25.4 Å². The molecular weight excluding hydrogens is 280 g/mol. The van der Waals surface area contributed by atoms with Crippen LogP contribution in [0.4, 0.5) is 0 Å². The van der Waals surface area contributed by atoms with Gasteiger partial charge in [0.05, 0.1) is 16.7 Å². The van der Waals surface area contributed by atoms with Crippen LogP contribution in [0.2, 0.25) is 0 Å². The first-order chi connectivity index (χ1) is 10.2. The monoisotopic (exact) mass is 302 g/mol. The lowest BCUT2D eigenvalue weighted by Crippen LogP contribution is -2.39. The van der Waals surface area contributed by atoms with Gasteiger partial charge in [-0.2, -0.15) is 0 Å². The summed E-state index contributed by atoms with van der Waals surface area (Å²) in [6.45, 7) is 4.99. The molecule has 0 saturated carbocycles. The first-order valence-corrected chi connectivity index (χ1v) is 8.00. The normalized spacial score (nSPS) is 13.0. The van der Waals surface area contributed by atoms with E-state index in [0.717, 1.165) is 29.6 Å². The largest absolute Gasteiger partial charge is 0.356 e. The summed E-state index contributed by atoms with van der Waals surface area (Å²) in [4.78, 5) is 8.73. The van der Waals surface area contributed by atoms with Crippen LogP contribution in [-0.4, -0.2) is 24.5 Å². The Kier molecular flexibility index (Phi) is 5.75. The summed E-state index contributed by atoms with van der Waals surface area (Å²) < 4.78 is 0. The van der Waals surface area contributed by atoms with Crippen molar-refractivity contribution in [3.05, 3.63) is 52.0 Å². The van der Waals surface area contributed by atoms with Gasteiger partial charge in [-0.25, -0.2) is 4.98 Å². The van der Waals surface area contributed by atoms with E-state index in [0.29, 0.717) is 0 Å². The summed E-state index contributed by atoms with van der Waals surface area (Å²) in [7, 11) is 1.79. The maximum Gasteiger partial charge on any atom is 0.191 e. The van der Waals surface area contributed by atoms with Gasteiger partial charge in [-0.15, -0.1) is 11.3 Å². The van der Waals surface area contributed by atoms with Crippen molar-refractivity contribution < 1.29 is 0 Å². The van der Waals surface area contributed by atoms with Crippen LogP contribution in [0.5, 0.6) is 0 Å². The van der Waals surface area contributed by atoms with Crippen LogP contribution in [0.15, 0.2) is 40.7 Å². The lowest BCUT2D eigenvalue weighted by Gasteiger charge is -2.18. The second-order valence-electron chi connectivity index (χ2n) is 4.88. The summed E-state index contributed by atoms with van der Waals surface area (Å²) in [5.74, 6) is 0.818.